The van der Waals surface area contributed by atoms with E-state index in [9.17, 15) is 14.4 Å². The summed E-state index contributed by atoms with van der Waals surface area (Å²) in [5, 5.41) is 5.85. The molecule has 156 valence electrons. The van der Waals surface area contributed by atoms with Crippen LogP contribution >= 0.6 is 11.6 Å². The minimum Gasteiger partial charge on any atom is -0.340 e. The third kappa shape index (κ3) is 3.85. The van der Waals surface area contributed by atoms with Crippen LogP contribution in [0.5, 0.6) is 0 Å². The lowest BCUT2D eigenvalue weighted by Gasteiger charge is -2.41. The molecule has 1 spiro atoms. The second-order valence-corrected chi connectivity index (χ2v) is 8.73. The van der Waals surface area contributed by atoms with Crippen LogP contribution in [0.2, 0.25) is 5.02 Å². The van der Waals surface area contributed by atoms with Gasteiger partial charge >= 0.3 is 6.03 Å². The fourth-order valence-corrected chi connectivity index (χ4v) is 5.13. The van der Waals surface area contributed by atoms with Gasteiger partial charge in [-0.15, -0.1) is 0 Å². The number of carbonyl (C=O) groups is 3. The monoisotopic (exact) mass is 418 g/mol. The van der Waals surface area contributed by atoms with Crippen LogP contribution in [-0.2, 0) is 9.59 Å². The number of benzene rings is 1. The number of nitrogens with zero attached hydrogens (tertiary/aromatic N) is 2. The van der Waals surface area contributed by atoms with Crippen molar-refractivity contribution in [3.8, 4) is 0 Å². The number of halogens is 1. The van der Waals surface area contributed by atoms with Gasteiger partial charge in [-0.25, -0.2) is 4.79 Å². The molecular weight excluding hydrogens is 392 g/mol. The summed E-state index contributed by atoms with van der Waals surface area (Å²) >= 11 is 6.34. The Morgan fingerprint density at radius 1 is 1.14 bits per heavy atom. The Morgan fingerprint density at radius 3 is 2.38 bits per heavy atom. The molecule has 2 heterocycles. The molecule has 2 N–H and O–H groups in total. The average molecular weight is 419 g/mol. The van der Waals surface area contributed by atoms with Crippen molar-refractivity contribution in [1.29, 1.82) is 0 Å². The zero-order chi connectivity index (χ0) is 20.6. The van der Waals surface area contributed by atoms with Gasteiger partial charge in [-0.3, -0.25) is 19.8 Å². The molecule has 1 atom stereocenters. The highest BCUT2D eigenvalue weighted by Gasteiger charge is 2.49. The SMILES string of the molecule is CC(c1ccccc1Cl)N1CCN(C(=O)C2CCC3(CC2)NC(=O)NC3=O)CC1. The number of hydrogen-bond acceptors (Lipinski definition) is 4. The number of piperazine rings is 1. The van der Waals surface area contributed by atoms with E-state index in [1.807, 2.05) is 23.1 Å². The molecule has 0 aromatic heterocycles. The highest BCUT2D eigenvalue weighted by atomic mass is 35.5. The highest BCUT2D eigenvalue weighted by molar-refractivity contribution is 6.31. The molecular formula is C21H27ClN4O3. The maximum absolute atomic E-state index is 13.0. The van der Waals surface area contributed by atoms with Gasteiger partial charge in [-0.2, -0.15) is 0 Å². The molecule has 1 aromatic carbocycles. The second kappa shape index (κ2) is 7.95. The van der Waals surface area contributed by atoms with E-state index in [1.54, 1.807) is 0 Å². The van der Waals surface area contributed by atoms with E-state index >= 15 is 0 Å². The fourth-order valence-electron chi connectivity index (χ4n) is 4.84. The van der Waals surface area contributed by atoms with Crippen molar-refractivity contribution in [3.05, 3.63) is 34.9 Å². The summed E-state index contributed by atoms with van der Waals surface area (Å²) in [5.74, 6) is -0.149. The van der Waals surface area contributed by atoms with Crippen LogP contribution in [0.3, 0.4) is 0 Å². The van der Waals surface area contributed by atoms with E-state index in [2.05, 4.69) is 28.5 Å². The number of urea groups is 1. The Morgan fingerprint density at radius 2 is 1.79 bits per heavy atom. The van der Waals surface area contributed by atoms with Gasteiger partial charge in [0.1, 0.15) is 5.54 Å². The predicted octanol–water partition coefficient (Wildman–Crippen LogP) is 2.31. The molecule has 1 unspecified atom stereocenters. The van der Waals surface area contributed by atoms with Crippen LogP contribution in [0, 0.1) is 5.92 Å². The van der Waals surface area contributed by atoms with E-state index in [1.165, 1.54) is 0 Å². The third-order valence-corrected chi connectivity index (χ3v) is 7.08. The summed E-state index contributed by atoms with van der Waals surface area (Å²) in [5.41, 5.74) is 0.306. The molecule has 4 rings (SSSR count). The van der Waals surface area contributed by atoms with Crippen molar-refractivity contribution >= 4 is 29.4 Å². The first-order valence-electron chi connectivity index (χ1n) is 10.3. The fraction of sp³-hybridized carbons (Fsp3) is 0.571. The third-order valence-electron chi connectivity index (χ3n) is 6.73. The summed E-state index contributed by atoms with van der Waals surface area (Å²) in [7, 11) is 0. The molecule has 1 aromatic rings. The zero-order valence-corrected chi connectivity index (χ0v) is 17.4. The molecule has 2 saturated heterocycles. The van der Waals surface area contributed by atoms with Crippen molar-refractivity contribution in [1.82, 2.24) is 20.4 Å². The standard InChI is InChI=1S/C21H27ClN4O3/c1-14(16-4-2-3-5-17(16)22)25-10-12-26(13-11-25)18(27)15-6-8-21(9-7-15)19(28)23-20(29)24-21/h2-5,14-15H,6-13H2,1H3,(H2,23,24,28,29). The van der Waals surface area contributed by atoms with Gasteiger partial charge in [0.2, 0.25) is 5.91 Å². The lowest BCUT2D eigenvalue weighted by Crippen LogP contribution is -2.54. The molecule has 7 nitrogen and oxygen atoms in total. The lowest BCUT2D eigenvalue weighted by molar-refractivity contribution is -0.140. The van der Waals surface area contributed by atoms with Crippen molar-refractivity contribution in [3.63, 3.8) is 0 Å². The Labute approximate surface area is 175 Å². The molecule has 1 aliphatic carbocycles. The van der Waals surface area contributed by atoms with Crippen LogP contribution < -0.4 is 10.6 Å². The highest BCUT2D eigenvalue weighted by Crippen LogP contribution is 2.35. The molecule has 1 saturated carbocycles. The van der Waals surface area contributed by atoms with Gasteiger partial charge < -0.3 is 10.2 Å². The minimum atomic E-state index is -0.809. The molecule has 3 fully saturated rings. The number of rotatable bonds is 3. The first-order chi connectivity index (χ1) is 13.9. The van der Waals surface area contributed by atoms with Crippen molar-refractivity contribution in [2.45, 2.75) is 44.2 Å². The van der Waals surface area contributed by atoms with E-state index in [-0.39, 0.29) is 23.8 Å². The maximum Gasteiger partial charge on any atom is 0.322 e. The van der Waals surface area contributed by atoms with Gasteiger partial charge in [0.05, 0.1) is 0 Å². The van der Waals surface area contributed by atoms with E-state index in [0.29, 0.717) is 38.8 Å². The van der Waals surface area contributed by atoms with Crippen LogP contribution in [0.25, 0.3) is 0 Å². The Balaban J connectivity index is 1.30. The Bertz CT molecular complexity index is 814. The molecule has 0 bridgehead atoms. The molecule has 8 heteroatoms. The second-order valence-electron chi connectivity index (χ2n) is 8.32. The largest absolute Gasteiger partial charge is 0.340 e. The van der Waals surface area contributed by atoms with Gasteiger partial charge in [0.15, 0.2) is 0 Å². The Kier molecular flexibility index (Phi) is 5.53. The zero-order valence-electron chi connectivity index (χ0n) is 16.6. The summed E-state index contributed by atoms with van der Waals surface area (Å²) in [6.07, 6.45) is 2.29. The summed E-state index contributed by atoms with van der Waals surface area (Å²) in [4.78, 5) is 40.9. The summed E-state index contributed by atoms with van der Waals surface area (Å²) < 4.78 is 0. The van der Waals surface area contributed by atoms with Crippen LogP contribution in [0.1, 0.15) is 44.2 Å². The summed E-state index contributed by atoms with van der Waals surface area (Å²) in [6, 6.07) is 7.68. The first kappa shape index (κ1) is 20.2. The van der Waals surface area contributed by atoms with Gasteiger partial charge in [0, 0.05) is 43.2 Å². The number of amides is 4. The van der Waals surface area contributed by atoms with Crippen molar-refractivity contribution < 1.29 is 14.4 Å². The van der Waals surface area contributed by atoms with Gasteiger partial charge in [0.25, 0.3) is 5.91 Å². The van der Waals surface area contributed by atoms with E-state index in [0.717, 1.165) is 23.7 Å². The average Bonchev–Trinajstić information content (AvgIpc) is 3.00. The lowest BCUT2D eigenvalue weighted by atomic mass is 9.76. The molecule has 2 aliphatic heterocycles. The Hall–Kier alpha value is -2.12. The molecule has 29 heavy (non-hydrogen) atoms. The van der Waals surface area contributed by atoms with Gasteiger partial charge in [-0.1, -0.05) is 29.8 Å². The first-order valence-corrected chi connectivity index (χ1v) is 10.7. The number of nitrogens with one attached hydrogen (secondary N) is 2. The van der Waals surface area contributed by atoms with Crippen LogP contribution in [0.4, 0.5) is 4.79 Å². The number of hydrogen-bond donors (Lipinski definition) is 2. The molecule has 3 aliphatic rings. The number of imide groups is 1. The van der Waals surface area contributed by atoms with Gasteiger partial charge in [-0.05, 0) is 44.2 Å². The number of carbonyl (C=O) groups excluding carboxylic acids is 3. The smallest absolute Gasteiger partial charge is 0.322 e. The molecule has 4 amide bonds. The van der Waals surface area contributed by atoms with Crippen LogP contribution in [-0.4, -0.2) is 59.4 Å². The molecule has 0 radical (unpaired) electrons. The predicted molar refractivity (Wildman–Crippen MR) is 109 cm³/mol. The van der Waals surface area contributed by atoms with Crippen molar-refractivity contribution in [2.75, 3.05) is 26.2 Å². The van der Waals surface area contributed by atoms with E-state index < -0.39 is 11.6 Å². The summed E-state index contributed by atoms with van der Waals surface area (Å²) in [6.45, 7) is 5.18. The maximum atomic E-state index is 13.0. The normalized spacial score (nSPS) is 28.9. The quantitative estimate of drug-likeness (QED) is 0.738. The topological polar surface area (TPSA) is 81.8 Å². The van der Waals surface area contributed by atoms with E-state index in [4.69, 9.17) is 11.6 Å². The van der Waals surface area contributed by atoms with Crippen LogP contribution in [0.15, 0.2) is 24.3 Å². The minimum absolute atomic E-state index is 0.0709. The van der Waals surface area contributed by atoms with Crippen molar-refractivity contribution in [2.24, 2.45) is 5.92 Å².